The Morgan fingerprint density at radius 3 is 2.50 bits per heavy atom. The number of aromatic amines is 2. The molecule has 1 aromatic heterocycles. The lowest BCUT2D eigenvalue weighted by atomic mass is 10.1. The molecule has 0 aliphatic heterocycles. The topological polar surface area (TPSA) is 138 Å². The van der Waals surface area contributed by atoms with Crippen molar-refractivity contribution in [3.63, 3.8) is 0 Å². The number of nitrogens with two attached hydrogens (primary N) is 1. The summed E-state index contributed by atoms with van der Waals surface area (Å²) in [6, 6.07) is 0. The van der Waals surface area contributed by atoms with Gasteiger partial charge in [-0.3, -0.25) is 19.4 Å². The largest absolute Gasteiger partial charge is 0.368 e. The van der Waals surface area contributed by atoms with Crippen molar-refractivity contribution in [1.82, 2.24) is 15.3 Å². The van der Waals surface area contributed by atoms with Crippen LogP contribution < -0.4 is 22.3 Å². The molecule has 0 radical (unpaired) electrons. The second-order valence-corrected chi connectivity index (χ2v) is 3.75. The molecule has 5 N–H and O–H groups in total. The summed E-state index contributed by atoms with van der Waals surface area (Å²) in [7, 11) is 0. The summed E-state index contributed by atoms with van der Waals surface area (Å²) in [5.41, 5.74) is 4.53. The molecule has 0 saturated heterocycles. The third-order valence-corrected chi connectivity index (χ3v) is 2.32. The van der Waals surface area contributed by atoms with Gasteiger partial charge >= 0.3 is 5.69 Å². The Labute approximate surface area is 102 Å². The maximum absolute atomic E-state index is 11.5. The van der Waals surface area contributed by atoms with Crippen molar-refractivity contribution in [2.45, 2.75) is 19.8 Å². The van der Waals surface area contributed by atoms with Gasteiger partial charge in [0.2, 0.25) is 11.8 Å². The normalized spacial score (nSPS) is 10.1. The molecule has 2 amide bonds. The van der Waals surface area contributed by atoms with Crippen LogP contribution in [0.3, 0.4) is 0 Å². The van der Waals surface area contributed by atoms with Gasteiger partial charge in [0.25, 0.3) is 5.56 Å². The van der Waals surface area contributed by atoms with E-state index in [-0.39, 0.29) is 25.3 Å². The van der Waals surface area contributed by atoms with Crippen molar-refractivity contribution in [2.24, 2.45) is 5.73 Å². The number of rotatable bonds is 5. The summed E-state index contributed by atoms with van der Waals surface area (Å²) in [6.45, 7) is 1.34. The molecule has 0 aromatic carbocycles. The average Bonchev–Trinajstić information content (AvgIpc) is 2.24. The smallest absolute Gasteiger partial charge is 0.325 e. The number of aromatic nitrogens is 2. The third-order valence-electron chi connectivity index (χ3n) is 2.32. The zero-order valence-corrected chi connectivity index (χ0v) is 9.83. The average molecular weight is 254 g/mol. The zero-order valence-electron chi connectivity index (χ0n) is 9.83. The van der Waals surface area contributed by atoms with Gasteiger partial charge in [0.05, 0.1) is 6.54 Å². The maximum Gasteiger partial charge on any atom is 0.325 e. The number of primary amides is 1. The molecule has 0 aliphatic rings. The van der Waals surface area contributed by atoms with Gasteiger partial charge in [-0.25, -0.2) is 4.79 Å². The van der Waals surface area contributed by atoms with Crippen molar-refractivity contribution in [3.05, 3.63) is 32.1 Å². The molecule has 98 valence electrons. The molecule has 1 heterocycles. The molecule has 0 fully saturated rings. The molecule has 0 bridgehead atoms. The minimum atomic E-state index is -0.638. The van der Waals surface area contributed by atoms with Crippen LogP contribution in [-0.2, 0) is 16.0 Å². The fraction of sp³-hybridized carbons (Fsp3) is 0.400. The molecule has 0 aliphatic carbocycles. The number of hydrogen-bond acceptors (Lipinski definition) is 4. The monoisotopic (exact) mass is 254 g/mol. The highest BCUT2D eigenvalue weighted by Crippen LogP contribution is 1.99. The number of hydrogen-bond donors (Lipinski definition) is 4. The first-order valence-corrected chi connectivity index (χ1v) is 5.27. The van der Waals surface area contributed by atoms with Gasteiger partial charge in [-0.05, 0) is 13.3 Å². The number of carbonyl (C=O) groups is 2. The van der Waals surface area contributed by atoms with Gasteiger partial charge in [-0.2, -0.15) is 0 Å². The van der Waals surface area contributed by atoms with E-state index in [1.807, 2.05) is 0 Å². The SMILES string of the molecule is Cc1[nH]c(=O)[nH]c(=O)c1CCC(=O)NCC(N)=O. The first-order valence-electron chi connectivity index (χ1n) is 5.27. The van der Waals surface area contributed by atoms with Gasteiger partial charge in [-0.15, -0.1) is 0 Å². The van der Waals surface area contributed by atoms with Crippen molar-refractivity contribution in [2.75, 3.05) is 6.54 Å². The second-order valence-electron chi connectivity index (χ2n) is 3.75. The second kappa shape index (κ2) is 5.80. The van der Waals surface area contributed by atoms with E-state index in [9.17, 15) is 19.2 Å². The molecule has 0 saturated carbocycles. The highest BCUT2D eigenvalue weighted by molar-refractivity contribution is 5.83. The minimum Gasteiger partial charge on any atom is -0.368 e. The molecule has 1 rings (SSSR count). The number of aryl methyl sites for hydroxylation is 1. The van der Waals surface area contributed by atoms with Crippen molar-refractivity contribution in [1.29, 1.82) is 0 Å². The quantitative estimate of drug-likeness (QED) is 0.478. The molecular formula is C10H14N4O4. The van der Waals surface area contributed by atoms with Crippen LogP contribution in [0.25, 0.3) is 0 Å². The first-order chi connectivity index (χ1) is 8.40. The van der Waals surface area contributed by atoms with Crippen LogP contribution in [0.2, 0.25) is 0 Å². The van der Waals surface area contributed by atoms with E-state index in [0.717, 1.165) is 0 Å². The van der Waals surface area contributed by atoms with E-state index in [1.165, 1.54) is 0 Å². The Morgan fingerprint density at radius 2 is 1.94 bits per heavy atom. The third kappa shape index (κ3) is 3.89. The predicted octanol–water partition coefficient (Wildman–Crippen LogP) is -2.09. The lowest BCUT2D eigenvalue weighted by Crippen LogP contribution is -2.34. The Kier molecular flexibility index (Phi) is 4.41. The lowest BCUT2D eigenvalue weighted by Gasteiger charge is -2.04. The van der Waals surface area contributed by atoms with Gasteiger partial charge in [0.1, 0.15) is 0 Å². The Hall–Kier alpha value is -2.38. The number of H-pyrrole nitrogens is 2. The first kappa shape index (κ1) is 13.7. The lowest BCUT2D eigenvalue weighted by molar-refractivity contribution is -0.124. The zero-order chi connectivity index (χ0) is 13.7. The van der Waals surface area contributed by atoms with E-state index in [4.69, 9.17) is 5.73 Å². The van der Waals surface area contributed by atoms with E-state index < -0.39 is 17.2 Å². The number of amides is 2. The molecule has 0 unspecified atom stereocenters. The molecule has 18 heavy (non-hydrogen) atoms. The summed E-state index contributed by atoms with van der Waals surface area (Å²) < 4.78 is 0. The Balaban J connectivity index is 2.64. The number of carbonyl (C=O) groups excluding carboxylic acids is 2. The van der Waals surface area contributed by atoms with Gasteiger partial charge < -0.3 is 16.0 Å². The summed E-state index contributed by atoms with van der Waals surface area (Å²) in [6.07, 6.45) is 0.200. The van der Waals surface area contributed by atoms with Crippen LogP contribution in [0.5, 0.6) is 0 Å². The summed E-state index contributed by atoms with van der Waals surface area (Å²) in [5, 5.41) is 2.30. The molecular weight excluding hydrogens is 240 g/mol. The van der Waals surface area contributed by atoms with E-state index >= 15 is 0 Å². The minimum absolute atomic E-state index is 0.0310. The summed E-state index contributed by atoms with van der Waals surface area (Å²) >= 11 is 0. The summed E-state index contributed by atoms with van der Waals surface area (Å²) in [4.78, 5) is 48.7. The highest BCUT2D eigenvalue weighted by Gasteiger charge is 2.09. The van der Waals surface area contributed by atoms with Gasteiger partial charge in [-0.1, -0.05) is 0 Å². The van der Waals surface area contributed by atoms with Crippen LogP contribution in [0.1, 0.15) is 17.7 Å². The van der Waals surface area contributed by atoms with Crippen LogP contribution in [-0.4, -0.2) is 28.3 Å². The fourth-order valence-electron chi connectivity index (χ4n) is 1.44. The summed E-state index contributed by atoms with van der Waals surface area (Å²) in [5.74, 6) is -1.03. The Morgan fingerprint density at radius 1 is 1.28 bits per heavy atom. The van der Waals surface area contributed by atoms with Crippen molar-refractivity contribution < 1.29 is 9.59 Å². The van der Waals surface area contributed by atoms with Gasteiger partial charge in [0, 0.05) is 17.7 Å². The standard InChI is InChI=1S/C10H14N4O4/c1-5-6(9(17)14-10(18)13-5)2-3-8(16)12-4-7(11)15/h2-4H2,1H3,(H2,11,15)(H,12,16)(H2,13,14,17,18). The molecule has 0 spiro atoms. The molecule has 1 aromatic rings. The maximum atomic E-state index is 11.5. The van der Waals surface area contributed by atoms with Crippen LogP contribution >= 0.6 is 0 Å². The van der Waals surface area contributed by atoms with Gasteiger partial charge in [0.15, 0.2) is 0 Å². The van der Waals surface area contributed by atoms with E-state index in [0.29, 0.717) is 11.3 Å². The van der Waals surface area contributed by atoms with E-state index in [2.05, 4.69) is 15.3 Å². The van der Waals surface area contributed by atoms with Crippen molar-refractivity contribution >= 4 is 11.8 Å². The molecule has 8 heteroatoms. The molecule has 8 nitrogen and oxygen atoms in total. The van der Waals surface area contributed by atoms with E-state index in [1.54, 1.807) is 6.92 Å². The van der Waals surface area contributed by atoms with Crippen LogP contribution in [0, 0.1) is 6.92 Å². The highest BCUT2D eigenvalue weighted by atomic mass is 16.2. The Bertz CT molecular complexity index is 572. The van der Waals surface area contributed by atoms with Crippen molar-refractivity contribution in [3.8, 4) is 0 Å². The molecule has 0 atom stereocenters. The predicted molar refractivity (Wildman–Crippen MR) is 62.9 cm³/mol. The van der Waals surface area contributed by atoms with Crippen LogP contribution in [0.4, 0.5) is 0 Å². The number of nitrogens with one attached hydrogen (secondary N) is 3. The fourth-order valence-corrected chi connectivity index (χ4v) is 1.44. The van der Waals surface area contributed by atoms with Crippen LogP contribution in [0.15, 0.2) is 9.59 Å².